The smallest absolute Gasteiger partial charge is 0.163 e. The quantitative estimate of drug-likeness (QED) is 0.0898. The summed E-state index contributed by atoms with van der Waals surface area (Å²) in [5.74, 6) is 2.95. The normalized spacial score (nSPS) is 11.5. The van der Waals surface area contributed by atoms with Crippen LogP contribution in [0.2, 0.25) is 0 Å². The van der Waals surface area contributed by atoms with Gasteiger partial charge in [-0.05, 0) is 119 Å². The van der Waals surface area contributed by atoms with Crippen LogP contribution in [0, 0.1) is 0 Å². The third kappa shape index (κ3) is 11.4. The van der Waals surface area contributed by atoms with Gasteiger partial charge in [-0.2, -0.15) is 0 Å². The van der Waals surface area contributed by atoms with E-state index in [1.807, 2.05) is 121 Å². The molecule has 0 aliphatic heterocycles. The Kier molecular flexibility index (Phi) is 15.7. The molecule has 2 heterocycles. The van der Waals surface area contributed by atoms with E-state index >= 15 is 0 Å². The second kappa shape index (κ2) is 25.2. The highest BCUT2D eigenvalue weighted by Crippen LogP contribution is 2.73. The van der Waals surface area contributed by atoms with Crippen LogP contribution in [-0.4, -0.2) is 29.9 Å². The zero-order valence-corrected chi connectivity index (χ0v) is 49.0. The molecule has 0 amide bonds. The first kappa shape index (κ1) is 54.7. The topological polar surface area (TPSA) is 80.6 Å². The summed E-state index contributed by atoms with van der Waals surface area (Å²) >= 11 is 0. The average molecular weight is 1150 g/mol. The lowest BCUT2D eigenvalue weighted by molar-refractivity contribution is 0.680. The van der Waals surface area contributed by atoms with Crippen molar-refractivity contribution in [1.29, 1.82) is 0 Å². The molecule has 0 N–H and O–H groups in total. The molecule has 0 atom stereocenters. The first-order valence-electron chi connectivity index (χ1n) is 29.6. The van der Waals surface area contributed by atoms with Gasteiger partial charge in [-0.1, -0.05) is 255 Å². The van der Waals surface area contributed by atoms with Crippen LogP contribution in [0.3, 0.4) is 0 Å². The molecule has 0 saturated carbocycles. The predicted molar refractivity (Wildman–Crippen MR) is 359 cm³/mol. The molecule has 0 aliphatic rings. The molecule has 2 aromatic heterocycles. The Morgan fingerprint density at radius 2 is 0.477 bits per heavy atom. The molecule has 0 bridgehead atoms. The van der Waals surface area contributed by atoms with Crippen molar-refractivity contribution < 1.29 is 0 Å². The molecule has 12 aromatic carbocycles. The molecule has 14 rings (SSSR count). The number of hydrogen-bond donors (Lipinski definition) is 0. The van der Waals surface area contributed by atoms with Gasteiger partial charge >= 0.3 is 0 Å². The molecular formula is C80H59N7S. The van der Waals surface area contributed by atoms with E-state index in [1.165, 1.54) is 19.6 Å². The minimum Gasteiger partial charge on any atom is -0.311 e. The Labute approximate surface area is 515 Å². The van der Waals surface area contributed by atoms with Gasteiger partial charge in [0, 0.05) is 58.9 Å². The number of para-hydroxylation sites is 2. The van der Waals surface area contributed by atoms with Crippen LogP contribution in [0.4, 0.5) is 17.1 Å². The van der Waals surface area contributed by atoms with Gasteiger partial charge in [0.05, 0.1) is 5.92 Å². The fourth-order valence-corrected chi connectivity index (χ4v) is 15.4. The van der Waals surface area contributed by atoms with E-state index in [-0.39, 0.29) is 0 Å². The second-order valence-electron chi connectivity index (χ2n) is 21.4. The van der Waals surface area contributed by atoms with E-state index in [0.717, 1.165) is 67.1 Å². The molecule has 0 spiro atoms. The van der Waals surface area contributed by atoms with Gasteiger partial charge in [0.2, 0.25) is 0 Å². The van der Waals surface area contributed by atoms with Gasteiger partial charge in [-0.15, -0.1) is 10.0 Å². The van der Waals surface area contributed by atoms with Gasteiger partial charge in [0.1, 0.15) is 11.6 Å². The Morgan fingerprint density at radius 3 is 0.795 bits per heavy atom. The van der Waals surface area contributed by atoms with Gasteiger partial charge in [0.25, 0.3) is 0 Å². The first-order chi connectivity index (χ1) is 43.6. The Balaban J connectivity index is 0.819. The van der Waals surface area contributed by atoms with Gasteiger partial charge in [-0.3, -0.25) is 0 Å². The highest BCUT2D eigenvalue weighted by atomic mass is 32.3. The van der Waals surface area contributed by atoms with Crippen LogP contribution >= 0.6 is 10.0 Å². The first-order valence-corrected chi connectivity index (χ1v) is 31.2. The molecule has 8 heteroatoms. The van der Waals surface area contributed by atoms with Crippen molar-refractivity contribution in [3.05, 3.63) is 357 Å². The molecule has 420 valence electrons. The number of anilines is 3. The molecule has 7 nitrogen and oxygen atoms in total. The minimum atomic E-state index is -1.98. The van der Waals surface area contributed by atoms with Gasteiger partial charge in [0.15, 0.2) is 23.3 Å². The van der Waals surface area contributed by atoms with E-state index in [4.69, 9.17) is 29.9 Å². The van der Waals surface area contributed by atoms with Crippen LogP contribution in [-0.2, 0) is 6.42 Å². The fraction of sp³-hybridized carbons (Fsp3) is 0.0250. The van der Waals surface area contributed by atoms with Crippen LogP contribution in [0.1, 0.15) is 23.1 Å². The lowest BCUT2D eigenvalue weighted by Gasteiger charge is -2.42. The number of aromatic nitrogens is 6. The lowest BCUT2D eigenvalue weighted by Crippen LogP contribution is -2.16. The van der Waals surface area contributed by atoms with Gasteiger partial charge < -0.3 is 4.90 Å². The number of benzene rings is 12. The average Bonchev–Trinajstić information content (AvgIpc) is 0.840. The maximum atomic E-state index is 5.29. The molecule has 0 fully saturated rings. The minimum absolute atomic E-state index is 0.497. The number of nitrogens with zero attached hydrogens (tertiary/aromatic N) is 7. The van der Waals surface area contributed by atoms with Crippen molar-refractivity contribution in [3.8, 4) is 67.8 Å². The van der Waals surface area contributed by atoms with Crippen molar-refractivity contribution in [2.45, 2.75) is 31.9 Å². The van der Waals surface area contributed by atoms with Crippen LogP contribution < -0.4 is 4.90 Å². The SMILES string of the molecule is c1ccc(-c2nc(-c3ccccc3)nc(C(Cc3ccc(-c4ccc(S(c5ccccc5)(c5ccccc5)c5ccc(-c6ccc(N(c7ccccc7)c7ccccc7)cc6)cc5)cc4)cc3)c3nc(-c4ccccc4)nc(-c4ccccc4)n3)n2)cc1. The van der Waals surface area contributed by atoms with Crippen molar-refractivity contribution in [2.24, 2.45) is 0 Å². The second-order valence-corrected chi connectivity index (χ2v) is 24.6. The van der Waals surface area contributed by atoms with E-state index in [1.54, 1.807) is 0 Å². The molecule has 88 heavy (non-hydrogen) atoms. The molecular weight excluding hydrogens is 1090 g/mol. The van der Waals surface area contributed by atoms with Crippen molar-refractivity contribution >= 4 is 27.1 Å². The number of hydrogen-bond acceptors (Lipinski definition) is 7. The summed E-state index contributed by atoms with van der Waals surface area (Å²) in [6.45, 7) is 0. The van der Waals surface area contributed by atoms with Crippen LogP contribution in [0.25, 0.3) is 67.8 Å². The third-order valence-corrected chi connectivity index (χ3v) is 19.8. The van der Waals surface area contributed by atoms with E-state index in [0.29, 0.717) is 41.4 Å². The summed E-state index contributed by atoms with van der Waals surface area (Å²) in [7, 11) is -1.98. The van der Waals surface area contributed by atoms with Crippen LogP contribution in [0.5, 0.6) is 0 Å². The monoisotopic (exact) mass is 1150 g/mol. The predicted octanol–water partition coefficient (Wildman–Crippen LogP) is 20.2. The van der Waals surface area contributed by atoms with Crippen LogP contribution in [0.15, 0.2) is 359 Å². The molecule has 0 radical (unpaired) electrons. The van der Waals surface area contributed by atoms with E-state index < -0.39 is 15.9 Å². The summed E-state index contributed by atoms with van der Waals surface area (Å²) in [5, 5.41) is 0. The Bertz CT molecular complexity index is 4250. The van der Waals surface area contributed by atoms with E-state index in [2.05, 4.69) is 223 Å². The molecule has 0 unspecified atom stereocenters. The standard InChI is InChI=1S/C80H59N7S/c1-9-25-63(26-10-1)75-81-76(64-27-11-2-12-28-64)84-79(83-75)74(80-85-77(65-29-13-3-14-30-65)82-78(86-80)66-31-15-4-16-32-66)57-58-41-43-59(44-42-58)61-47-53-72(54-48-61)88(70-37-21-7-22-38-70,71-39-23-8-24-40-71)73-55-49-62(50-56-73)60-45-51-69(52-46-60)87(67-33-17-5-18-34-67)68-35-19-6-20-36-68/h1-56,74H,57H2. The summed E-state index contributed by atoms with van der Waals surface area (Å²) < 4.78 is 0. The zero-order valence-electron chi connectivity index (χ0n) is 48.2. The summed E-state index contributed by atoms with van der Waals surface area (Å²) in [5.41, 5.74) is 12.5. The van der Waals surface area contributed by atoms with E-state index in [9.17, 15) is 0 Å². The molecule has 0 aliphatic carbocycles. The number of rotatable bonds is 17. The Morgan fingerprint density at radius 1 is 0.227 bits per heavy atom. The van der Waals surface area contributed by atoms with Gasteiger partial charge in [-0.25, -0.2) is 29.9 Å². The molecule has 0 saturated heterocycles. The maximum absolute atomic E-state index is 5.29. The Hall–Kier alpha value is -11.2. The summed E-state index contributed by atoms with van der Waals surface area (Å²) in [6, 6.07) is 120. The molecule has 14 aromatic rings. The lowest BCUT2D eigenvalue weighted by atomic mass is 9.95. The largest absolute Gasteiger partial charge is 0.311 e. The third-order valence-electron chi connectivity index (χ3n) is 15.9. The summed E-state index contributed by atoms with van der Waals surface area (Å²) in [4.78, 5) is 38.6. The van der Waals surface area contributed by atoms with Crippen molar-refractivity contribution in [3.63, 3.8) is 0 Å². The highest BCUT2D eigenvalue weighted by Gasteiger charge is 2.34. The van der Waals surface area contributed by atoms with Crippen molar-refractivity contribution in [2.75, 3.05) is 4.90 Å². The highest BCUT2D eigenvalue weighted by molar-refractivity contribution is 8.34. The zero-order chi connectivity index (χ0) is 58.9. The fourth-order valence-electron chi connectivity index (χ4n) is 11.5. The van der Waals surface area contributed by atoms with Crippen molar-refractivity contribution in [1.82, 2.24) is 29.9 Å². The summed E-state index contributed by atoms with van der Waals surface area (Å²) in [6.07, 6.45) is 0.503. The maximum Gasteiger partial charge on any atom is 0.163 e.